The zero-order chi connectivity index (χ0) is 10.3. The molecule has 0 heterocycles. The first-order chi connectivity index (χ1) is 6.06. The fraction of sp³-hybridized carbons (Fsp3) is 0.800. The van der Waals surface area contributed by atoms with Gasteiger partial charge in [-0.15, -0.1) is 0 Å². The molecule has 0 aliphatic carbocycles. The first kappa shape index (κ1) is 12.3. The van der Waals surface area contributed by atoms with Gasteiger partial charge in [0, 0.05) is 0 Å². The van der Waals surface area contributed by atoms with E-state index in [1.807, 2.05) is 6.92 Å². The second kappa shape index (κ2) is 6.75. The summed E-state index contributed by atoms with van der Waals surface area (Å²) in [5, 5.41) is 0. The van der Waals surface area contributed by atoms with Gasteiger partial charge in [-0.3, -0.25) is 0 Å². The van der Waals surface area contributed by atoms with Gasteiger partial charge in [0.25, 0.3) is 0 Å². The summed E-state index contributed by atoms with van der Waals surface area (Å²) in [6, 6.07) is 0. The molecule has 0 fully saturated rings. The minimum absolute atomic E-state index is 0.174. The molecule has 1 atom stereocenters. The number of carbonyl (C=O) groups is 1. The molecule has 0 aromatic carbocycles. The van der Waals surface area contributed by atoms with Gasteiger partial charge in [0.2, 0.25) is 0 Å². The van der Waals surface area contributed by atoms with E-state index in [0.29, 0.717) is 12.5 Å². The summed E-state index contributed by atoms with van der Waals surface area (Å²) in [5.41, 5.74) is 0. The van der Waals surface area contributed by atoms with Crippen molar-refractivity contribution in [2.24, 2.45) is 5.92 Å². The van der Waals surface area contributed by atoms with Gasteiger partial charge in [-0.1, -0.05) is 20.8 Å². The molecule has 0 rings (SSSR count). The Hall–Kier alpha value is -0.730. The highest BCUT2D eigenvalue weighted by Gasteiger charge is 2.08. The molecule has 0 saturated heterocycles. The molecule has 1 radical (unpaired) electrons. The lowest BCUT2D eigenvalue weighted by atomic mass is 10.1. The monoisotopic (exact) mass is 187 g/mol. The van der Waals surface area contributed by atoms with Gasteiger partial charge in [0.05, 0.1) is 6.61 Å². The number of ether oxygens (including phenoxy) is 2. The average molecular weight is 187 g/mol. The van der Waals surface area contributed by atoms with Gasteiger partial charge in [-0.2, -0.15) is 0 Å². The maximum atomic E-state index is 10.9. The molecular formula is C10H19O3. The van der Waals surface area contributed by atoms with Gasteiger partial charge >= 0.3 is 6.16 Å². The lowest BCUT2D eigenvalue weighted by Crippen LogP contribution is -2.16. The minimum Gasteiger partial charge on any atom is -0.434 e. The van der Waals surface area contributed by atoms with Crippen LogP contribution in [0.25, 0.3) is 0 Å². The molecule has 3 heteroatoms. The van der Waals surface area contributed by atoms with E-state index in [4.69, 9.17) is 9.47 Å². The maximum absolute atomic E-state index is 10.9. The van der Waals surface area contributed by atoms with Crippen LogP contribution < -0.4 is 0 Å². The smallest absolute Gasteiger partial charge is 0.434 e. The summed E-state index contributed by atoms with van der Waals surface area (Å²) < 4.78 is 9.71. The Bertz CT molecular complexity index is 143. The fourth-order valence-corrected chi connectivity index (χ4v) is 0.632. The van der Waals surface area contributed by atoms with Crippen LogP contribution in [0.4, 0.5) is 4.79 Å². The topological polar surface area (TPSA) is 35.5 Å². The largest absolute Gasteiger partial charge is 0.508 e. The SMILES string of the molecule is C[CH][C@@H](C)OC(=O)OCCC(C)C. The van der Waals surface area contributed by atoms with Crippen LogP contribution in [0.1, 0.15) is 34.1 Å². The third kappa shape index (κ3) is 7.62. The van der Waals surface area contributed by atoms with Gasteiger partial charge in [-0.05, 0) is 25.7 Å². The predicted octanol–water partition coefficient (Wildman–Crippen LogP) is 2.80. The Morgan fingerprint density at radius 1 is 1.38 bits per heavy atom. The Kier molecular flexibility index (Phi) is 6.37. The van der Waals surface area contributed by atoms with Crippen molar-refractivity contribution in [3.8, 4) is 0 Å². The van der Waals surface area contributed by atoms with Crippen LogP contribution in [-0.4, -0.2) is 18.9 Å². The van der Waals surface area contributed by atoms with E-state index in [2.05, 4.69) is 13.8 Å². The highest BCUT2D eigenvalue weighted by atomic mass is 16.7. The van der Waals surface area contributed by atoms with Crippen molar-refractivity contribution in [3.63, 3.8) is 0 Å². The molecule has 0 aromatic heterocycles. The van der Waals surface area contributed by atoms with Crippen molar-refractivity contribution in [1.82, 2.24) is 0 Å². The number of hydrogen-bond acceptors (Lipinski definition) is 3. The molecule has 0 N–H and O–H groups in total. The molecule has 3 nitrogen and oxygen atoms in total. The summed E-state index contributed by atoms with van der Waals surface area (Å²) in [6.45, 7) is 8.23. The summed E-state index contributed by atoms with van der Waals surface area (Å²) in [6.07, 6.45) is 1.92. The molecule has 13 heavy (non-hydrogen) atoms. The van der Waals surface area contributed by atoms with Crippen LogP contribution in [0.3, 0.4) is 0 Å². The van der Waals surface area contributed by atoms with E-state index in [9.17, 15) is 4.79 Å². The third-order valence-electron chi connectivity index (χ3n) is 1.67. The van der Waals surface area contributed by atoms with E-state index < -0.39 is 6.16 Å². The zero-order valence-corrected chi connectivity index (χ0v) is 8.87. The summed E-state index contributed by atoms with van der Waals surface area (Å²) in [5.74, 6) is 0.544. The molecule has 0 aliphatic heterocycles. The molecule has 0 spiro atoms. The van der Waals surface area contributed by atoms with Crippen molar-refractivity contribution >= 4 is 6.16 Å². The van der Waals surface area contributed by atoms with E-state index in [1.54, 1.807) is 13.3 Å². The van der Waals surface area contributed by atoms with Crippen LogP contribution in [0.5, 0.6) is 0 Å². The Balaban J connectivity index is 3.41. The van der Waals surface area contributed by atoms with E-state index in [1.165, 1.54) is 0 Å². The van der Waals surface area contributed by atoms with Gasteiger partial charge in [0.15, 0.2) is 0 Å². The summed E-state index contributed by atoms with van der Waals surface area (Å²) in [4.78, 5) is 10.9. The molecular weight excluding hydrogens is 168 g/mol. The third-order valence-corrected chi connectivity index (χ3v) is 1.67. The molecule has 0 amide bonds. The van der Waals surface area contributed by atoms with Crippen LogP contribution in [-0.2, 0) is 9.47 Å². The zero-order valence-electron chi connectivity index (χ0n) is 8.87. The van der Waals surface area contributed by atoms with Crippen molar-refractivity contribution in [2.75, 3.05) is 6.61 Å². The Morgan fingerprint density at radius 2 is 2.00 bits per heavy atom. The Morgan fingerprint density at radius 3 is 2.46 bits per heavy atom. The highest BCUT2D eigenvalue weighted by Crippen LogP contribution is 2.02. The maximum Gasteiger partial charge on any atom is 0.508 e. The average Bonchev–Trinajstić information content (AvgIpc) is 2.03. The summed E-state index contributed by atoms with van der Waals surface area (Å²) >= 11 is 0. The first-order valence-corrected chi connectivity index (χ1v) is 4.69. The predicted molar refractivity (Wildman–Crippen MR) is 51.3 cm³/mol. The van der Waals surface area contributed by atoms with Crippen molar-refractivity contribution in [2.45, 2.75) is 40.2 Å². The van der Waals surface area contributed by atoms with Crippen LogP contribution >= 0.6 is 0 Å². The quantitative estimate of drug-likeness (QED) is 0.621. The van der Waals surface area contributed by atoms with E-state index in [0.717, 1.165) is 6.42 Å². The number of rotatable bonds is 5. The van der Waals surface area contributed by atoms with E-state index >= 15 is 0 Å². The normalized spacial score (nSPS) is 12.7. The minimum atomic E-state index is -0.578. The van der Waals surface area contributed by atoms with Crippen LogP contribution in [0.2, 0.25) is 0 Å². The summed E-state index contributed by atoms with van der Waals surface area (Å²) in [7, 11) is 0. The Labute approximate surface area is 80.4 Å². The van der Waals surface area contributed by atoms with Crippen molar-refractivity contribution < 1.29 is 14.3 Å². The number of hydrogen-bond donors (Lipinski definition) is 0. The molecule has 0 bridgehead atoms. The standard InChI is InChI=1S/C10H19O3/c1-5-9(4)13-10(11)12-7-6-8(2)3/h5,8-9H,6-7H2,1-4H3/t9-/m1/s1. The van der Waals surface area contributed by atoms with Gasteiger partial charge in [-0.25, -0.2) is 4.79 Å². The molecule has 0 unspecified atom stereocenters. The second-order valence-electron chi connectivity index (χ2n) is 3.44. The molecule has 0 aliphatic rings. The lowest BCUT2D eigenvalue weighted by Gasteiger charge is -2.11. The second-order valence-corrected chi connectivity index (χ2v) is 3.44. The first-order valence-electron chi connectivity index (χ1n) is 4.69. The highest BCUT2D eigenvalue weighted by molar-refractivity contribution is 5.60. The lowest BCUT2D eigenvalue weighted by molar-refractivity contribution is 0.0357. The fourth-order valence-electron chi connectivity index (χ4n) is 0.632. The van der Waals surface area contributed by atoms with Crippen LogP contribution in [0.15, 0.2) is 0 Å². The van der Waals surface area contributed by atoms with Crippen LogP contribution in [0, 0.1) is 12.3 Å². The van der Waals surface area contributed by atoms with Crippen molar-refractivity contribution in [1.29, 1.82) is 0 Å². The molecule has 0 aromatic rings. The van der Waals surface area contributed by atoms with E-state index in [-0.39, 0.29) is 6.10 Å². The molecule has 77 valence electrons. The van der Waals surface area contributed by atoms with Crippen molar-refractivity contribution in [3.05, 3.63) is 6.42 Å². The van der Waals surface area contributed by atoms with Gasteiger partial charge < -0.3 is 9.47 Å². The molecule has 0 saturated carbocycles. The van der Waals surface area contributed by atoms with Gasteiger partial charge in [0.1, 0.15) is 6.10 Å². The number of carbonyl (C=O) groups excluding carboxylic acids is 1.